The number of oxime groups is 1. The molecule has 2 atom stereocenters. The highest BCUT2D eigenvalue weighted by Gasteiger charge is 2.48. The van der Waals surface area contributed by atoms with Crippen LogP contribution in [0.15, 0.2) is 5.16 Å². The van der Waals surface area contributed by atoms with E-state index in [9.17, 15) is 0 Å². The Morgan fingerprint density at radius 3 is 3.20 bits per heavy atom. The molecular weight excluding hydrogens is 130 g/mol. The Bertz CT molecular complexity index is 190. The van der Waals surface area contributed by atoms with E-state index < -0.39 is 0 Å². The smallest absolute Gasteiger partial charge is 0.168 e. The first-order valence-electron chi connectivity index (χ1n) is 3.53. The second-order valence-electron chi connectivity index (χ2n) is 3.20. The van der Waals surface area contributed by atoms with Crippen molar-refractivity contribution in [3.05, 3.63) is 0 Å². The molecule has 0 aromatic rings. The van der Waals surface area contributed by atoms with Gasteiger partial charge in [0.1, 0.15) is 0 Å². The van der Waals surface area contributed by atoms with Crippen LogP contribution in [0, 0.1) is 5.92 Å². The van der Waals surface area contributed by atoms with Crippen molar-refractivity contribution >= 4 is 5.71 Å². The Labute approximate surface area is 60.0 Å². The molecule has 2 rings (SSSR count). The largest absolute Gasteiger partial charge is 0.386 e. The molecule has 0 aliphatic carbocycles. The van der Waals surface area contributed by atoms with Crippen LogP contribution in [-0.4, -0.2) is 24.5 Å². The van der Waals surface area contributed by atoms with E-state index in [-0.39, 0.29) is 5.60 Å². The Kier molecular flexibility index (Phi) is 1.06. The van der Waals surface area contributed by atoms with Gasteiger partial charge in [-0.1, -0.05) is 5.16 Å². The zero-order chi connectivity index (χ0) is 7.19. The van der Waals surface area contributed by atoms with Gasteiger partial charge in [-0.2, -0.15) is 0 Å². The molecule has 1 fully saturated rings. The van der Waals surface area contributed by atoms with E-state index in [1.165, 1.54) is 0 Å². The fraction of sp³-hybridized carbons (Fsp3) is 0.857. The second-order valence-corrected chi connectivity index (χ2v) is 3.20. The van der Waals surface area contributed by atoms with Crippen molar-refractivity contribution in [1.29, 1.82) is 0 Å². The minimum atomic E-state index is -0.149. The molecule has 0 N–H and O–H groups in total. The maximum atomic E-state index is 5.28. The van der Waals surface area contributed by atoms with Crippen molar-refractivity contribution in [2.24, 2.45) is 11.1 Å². The Morgan fingerprint density at radius 2 is 2.50 bits per heavy atom. The molecule has 0 radical (unpaired) electrons. The third kappa shape index (κ3) is 0.611. The first kappa shape index (κ1) is 6.16. The molecule has 1 saturated heterocycles. The lowest BCUT2D eigenvalue weighted by molar-refractivity contribution is -0.0260. The molecule has 2 aliphatic heterocycles. The van der Waals surface area contributed by atoms with Crippen LogP contribution < -0.4 is 0 Å². The Balaban J connectivity index is 2.27. The second kappa shape index (κ2) is 1.72. The summed E-state index contributed by atoms with van der Waals surface area (Å²) < 4.78 is 5.28. The third-order valence-corrected chi connectivity index (χ3v) is 2.31. The Hall–Kier alpha value is -0.570. The quantitative estimate of drug-likeness (QED) is 0.499. The van der Waals surface area contributed by atoms with Crippen molar-refractivity contribution in [2.75, 3.05) is 13.2 Å². The fourth-order valence-corrected chi connectivity index (χ4v) is 1.55. The van der Waals surface area contributed by atoms with E-state index in [0.29, 0.717) is 12.5 Å². The minimum absolute atomic E-state index is 0.149. The van der Waals surface area contributed by atoms with E-state index in [1.54, 1.807) is 0 Å². The average Bonchev–Trinajstić information content (AvgIpc) is 2.35. The third-order valence-electron chi connectivity index (χ3n) is 2.31. The summed E-state index contributed by atoms with van der Waals surface area (Å²) in [4.78, 5) is 5.24. The fourth-order valence-electron chi connectivity index (χ4n) is 1.55. The SMILES string of the molecule is CC1=NO[C@]2(C)COCC12. The van der Waals surface area contributed by atoms with E-state index >= 15 is 0 Å². The molecule has 2 aliphatic rings. The van der Waals surface area contributed by atoms with Crippen molar-refractivity contribution in [3.8, 4) is 0 Å². The summed E-state index contributed by atoms with van der Waals surface area (Å²) in [6.45, 7) is 5.49. The molecular formula is C7H11NO2. The van der Waals surface area contributed by atoms with Gasteiger partial charge < -0.3 is 9.57 Å². The summed E-state index contributed by atoms with van der Waals surface area (Å²) in [6, 6.07) is 0. The maximum absolute atomic E-state index is 5.28. The molecule has 2 heterocycles. The van der Waals surface area contributed by atoms with Gasteiger partial charge in [-0.15, -0.1) is 0 Å². The van der Waals surface area contributed by atoms with Crippen LogP contribution in [0.25, 0.3) is 0 Å². The number of rotatable bonds is 0. The lowest BCUT2D eigenvalue weighted by Crippen LogP contribution is -2.33. The van der Waals surface area contributed by atoms with Gasteiger partial charge in [0.2, 0.25) is 0 Å². The van der Waals surface area contributed by atoms with Crippen molar-refractivity contribution in [2.45, 2.75) is 19.4 Å². The van der Waals surface area contributed by atoms with Crippen LogP contribution in [0.2, 0.25) is 0 Å². The van der Waals surface area contributed by atoms with E-state index in [4.69, 9.17) is 9.57 Å². The lowest BCUT2D eigenvalue weighted by Gasteiger charge is -2.17. The van der Waals surface area contributed by atoms with Crippen LogP contribution in [0.1, 0.15) is 13.8 Å². The molecule has 3 nitrogen and oxygen atoms in total. The van der Waals surface area contributed by atoms with E-state index in [2.05, 4.69) is 5.16 Å². The van der Waals surface area contributed by atoms with Crippen LogP contribution in [0.4, 0.5) is 0 Å². The highest BCUT2D eigenvalue weighted by molar-refractivity contribution is 5.86. The van der Waals surface area contributed by atoms with Gasteiger partial charge in [0.05, 0.1) is 24.8 Å². The molecule has 0 amide bonds. The van der Waals surface area contributed by atoms with Crippen LogP contribution in [0.5, 0.6) is 0 Å². The molecule has 0 saturated carbocycles. The summed E-state index contributed by atoms with van der Waals surface area (Å²) >= 11 is 0. The standard InChI is InChI=1S/C7H11NO2/c1-5-6-3-9-4-7(6,2)10-8-5/h6H,3-4H2,1-2H3/t6?,7-/m1/s1. The highest BCUT2D eigenvalue weighted by Crippen LogP contribution is 2.34. The maximum Gasteiger partial charge on any atom is 0.168 e. The molecule has 10 heavy (non-hydrogen) atoms. The number of hydrogen-bond donors (Lipinski definition) is 0. The van der Waals surface area contributed by atoms with Gasteiger partial charge in [0.15, 0.2) is 5.60 Å². The van der Waals surface area contributed by atoms with Gasteiger partial charge in [-0.25, -0.2) is 0 Å². The van der Waals surface area contributed by atoms with Crippen molar-refractivity contribution in [1.82, 2.24) is 0 Å². The first-order valence-corrected chi connectivity index (χ1v) is 3.53. The summed E-state index contributed by atoms with van der Waals surface area (Å²) in [7, 11) is 0. The number of fused-ring (bicyclic) bond motifs is 1. The van der Waals surface area contributed by atoms with Gasteiger partial charge in [0, 0.05) is 0 Å². The van der Waals surface area contributed by atoms with Crippen molar-refractivity contribution in [3.63, 3.8) is 0 Å². The van der Waals surface area contributed by atoms with Crippen LogP contribution in [0.3, 0.4) is 0 Å². The van der Waals surface area contributed by atoms with E-state index in [0.717, 1.165) is 12.3 Å². The molecule has 3 heteroatoms. The predicted octanol–water partition coefficient (Wildman–Crippen LogP) is 0.798. The summed E-state index contributed by atoms with van der Waals surface area (Å²) in [5, 5.41) is 3.93. The minimum Gasteiger partial charge on any atom is -0.386 e. The summed E-state index contributed by atoms with van der Waals surface area (Å²) in [5.41, 5.74) is 0.921. The molecule has 1 unspecified atom stereocenters. The van der Waals surface area contributed by atoms with Gasteiger partial charge in [-0.05, 0) is 13.8 Å². The molecule has 0 bridgehead atoms. The number of ether oxygens (including phenoxy) is 1. The van der Waals surface area contributed by atoms with E-state index in [1.807, 2.05) is 13.8 Å². The normalized spacial score (nSPS) is 44.6. The monoisotopic (exact) mass is 141 g/mol. The topological polar surface area (TPSA) is 30.8 Å². The average molecular weight is 141 g/mol. The summed E-state index contributed by atoms with van der Waals surface area (Å²) in [6.07, 6.45) is 0. The lowest BCUT2D eigenvalue weighted by atomic mass is 9.90. The van der Waals surface area contributed by atoms with Gasteiger partial charge >= 0.3 is 0 Å². The van der Waals surface area contributed by atoms with Crippen LogP contribution in [-0.2, 0) is 9.57 Å². The zero-order valence-electron chi connectivity index (χ0n) is 6.26. The zero-order valence-corrected chi connectivity index (χ0v) is 6.26. The first-order chi connectivity index (χ1) is 4.72. The predicted molar refractivity (Wildman–Crippen MR) is 36.9 cm³/mol. The molecule has 0 aromatic heterocycles. The van der Waals surface area contributed by atoms with Crippen LogP contribution >= 0.6 is 0 Å². The van der Waals surface area contributed by atoms with Gasteiger partial charge in [-0.3, -0.25) is 0 Å². The number of nitrogens with zero attached hydrogens (tertiary/aromatic N) is 1. The summed E-state index contributed by atoms with van der Waals surface area (Å²) in [5.74, 6) is 0.396. The highest BCUT2D eigenvalue weighted by atomic mass is 16.7. The molecule has 0 aromatic carbocycles. The Morgan fingerprint density at radius 1 is 1.70 bits per heavy atom. The molecule has 0 spiro atoms. The van der Waals surface area contributed by atoms with Crippen molar-refractivity contribution < 1.29 is 9.57 Å². The number of hydrogen-bond acceptors (Lipinski definition) is 3. The molecule has 56 valence electrons. The van der Waals surface area contributed by atoms with Gasteiger partial charge in [0.25, 0.3) is 0 Å².